The van der Waals surface area contributed by atoms with Gasteiger partial charge in [0.1, 0.15) is 5.82 Å². The van der Waals surface area contributed by atoms with Crippen LogP contribution in [0.25, 0.3) is 5.57 Å². The van der Waals surface area contributed by atoms with Crippen LogP contribution < -0.4 is 10.6 Å². The Morgan fingerprint density at radius 1 is 1.24 bits per heavy atom. The number of nitrogens with zero attached hydrogens (tertiary/aromatic N) is 3. The van der Waals surface area contributed by atoms with Crippen LogP contribution in [0.5, 0.6) is 0 Å². The average molecular weight is 504 g/mol. The molecule has 0 unspecified atom stereocenters. The standard InChI is InChI=1S/C30H38FN5O/c1-20(16-27-21(2)33-13-10-26(27)29-9-7-24(32-3)18-34-29)19-36-14-11-22(12-15-36)25-8-6-23(17-28(25)31)30(37)35(4)5/h6-10,16-18,22,32-33H,11-15,19H2,1-5H3/b20-16+. The molecule has 0 saturated carbocycles. The molecule has 196 valence electrons. The molecule has 3 heterocycles. The van der Waals surface area contributed by atoms with Crippen molar-refractivity contribution >= 4 is 17.2 Å². The number of likely N-dealkylation sites (tertiary alicyclic amines) is 1. The molecule has 0 spiro atoms. The normalized spacial score (nSPS) is 17.4. The summed E-state index contributed by atoms with van der Waals surface area (Å²) in [7, 11) is 5.25. The molecule has 1 amide bonds. The van der Waals surface area contributed by atoms with E-state index in [2.05, 4.69) is 58.6 Å². The fraction of sp³-hybridized carbons (Fsp3) is 0.400. The second-order valence-electron chi connectivity index (χ2n) is 10.2. The van der Waals surface area contributed by atoms with Crippen molar-refractivity contribution in [3.63, 3.8) is 0 Å². The molecule has 1 aromatic carbocycles. The number of hydrogen-bond donors (Lipinski definition) is 2. The predicted octanol–water partition coefficient (Wildman–Crippen LogP) is 5.05. The number of allylic oxidation sites excluding steroid dienone is 4. The van der Waals surface area contributed by atoms with Gasteiger partial charge in [0.05, 0.1) is 17.6 Å². The molecular weight excluding hydrogens is 465 g/mol. The van der Waals surface area contributed by atoms with Crippen LogP contribution in [0.2, 0.25) is 0 Å². The summed E-state index contributed by atoms with van der Waals surface area (Å²) in [5.74, 6) is -0.271. The van der Waals surface area contributed by atoms with Crippen LogP contribution in [0, 0.1) is 5.82 Å². The predicted molar refractivity (Wildman–Crippen MR) is 149 cm³/mol. The minimum atomic E-state index is -0.273. The van der Waals surface area contributed by atoms with Gasteiger partial charge in [-0.15, -0.1) is 0 Å². The van der Waals surface area contributed by atoms with Crippen LogP contribution in [0.1, 0.15) is 54.2 Å². The number of rotatable bonds is 7. The number of aromatic nitrogens is 1. The Bertz CT molecular complexity index is 1220. The largest absolute Gasteiger partial charge is 0.387 e. The van der Waals surface area contributed by atoms with Gasteiger partial charge in [-0.2, -0.15) is 0 Å². The molecule has 2 N–H and O–H groups in total. The highest BCUT2D eigenvalue weighted by atomic mass is 19.1. The van der Waals surface area contributed by atoms with Crippen LogP contribution in [0.15, 0.2) is 65.5 Å². The molecule has 0 bridgehead atoms. The van der Waals surface area contributed by atoms with Crippen molar-refractivity contribution < 1.29 is 9.18 Å². The van der Waals surface area contributed by atoms with E-state index in [-0.39, 0.29) is 17.6 Å². The molecular formula is C30H38FN5O. The van der Waals surface area contributed by atoms with E-state index in [0.717, 1.165) is 67.2 Å². The van der Waals surface area contributed by atoms with E-state index < -0.39 is 0 Å². The summed E-state index contributed by atoms with van der Waals surface area (Å²) in [6.07, 6.45) is 8.14. The van der Waals surface area contributed by atoms with Crippen molar-refractivity contribution in [1.82, 2.24) is 20.1 Å². The minimum absolute atomic E-state index is 0.176. The highest BCUT2D eigenvalue weighted by molar-refractivity contribution is 5.93. The van der Waals surface area contributed by atoms with Crippen molar-refractivity contribution in [2.75, 3.05) is 52.6 Å². The van der Waals surface area contributed by atoms with Gasteiger partial charge in [-0.25, -0.2) is 4.39 Å². The number of piperidine rings is 1. The van der Waals surface area contributed by atoms with Gasteiger partial charge in [0.25, 0.3) is 5.91 Å². The molecule has 6 nitrogen and oxygen atoms in total. The van der Waals surface area contributed by atoms with Crippen LogP contribution in [0.4, 0.5) is 10.1 Å². The lowest BCUT2D eigenvalue weighted by atomic mass is 9.88. The summed E-state index contributed by atoms with van der Waals surface area (Å²) in [6.45, 7) is 7.80. The Morgan fingerprint density at radius 3 is 2.62 bits per heavy atom. The summed E-state index contributed by atoms with van der Waals surface area (Å²) in [4.78, 5) is 20.7. The number of anilines is 1. The minimum Gasteiger partial charge on any atom is -0.387 e. The molecule has 0 radical (unpaired) electrons. The molecule has 0 atom stereocenters. The molecule has 37 heavy (non-hydrogen) atoms. The third-order valence-corrected chi connectivity index (χ3v) is 7.24. The zero-order valence-corrected chi connectivity index (χ0v) is 22.6. The number of dihydropyridines is 1. The Kier molecular flexibility index (Phi) is 8.44. The van der Waals surface area contributed by atoms with E-state index in [1.165, 1.54) is 22.1 Å². The third-order valence-electron chi connectivity index (χ3n) is 7.24. The van der Waals surface area contributed by atoms with E-state index >= 15 is 0 Å². The Balaban J connectivity index is 1.39. The fourth-order valence-corrected chi connectivity index (χ4v) is 5.14. The first kappa shape index (κ1) is 26.6. The maximum atomic E-state index is 14.9. The van der Waals surface area contributed by atoms with E-state index in [1.54, 1.807) is 26.2 Å². The zero-order valence-electron chi connectivity index (χ0n) is 22.6. The first-order chi connectivity index (χ1) is 17.8. The maximum absolute atomic E-state index is 14.9. The van der Waals surface area contributed by atoms with E-state index in [1.807, 2.05) is 13.2 Å². The lowest BCUT2D eigenvalue weighted by Gasteiger charge is -2.32. The fourth-order valence-electron chi connectivity index (χ4n) is 5.14. The number of carbonyl (C=O) groups excluding carboxylic acids is 1. The number of amides is 1. The highest BCUT2D eigenvalue weighted by Crippen LogP contribution is 2.32. The van der Waals surface area contributed by atoms with Crippen molar-refractivity contribution in [2.45, 2.75) is 32.6 Å². The molecule has 2 aliphatic heterocycles. The highest BCUT2D eigenvalue weighted by Gasteiger charge is 2.24. The third kappa shape index (κ3) is 6.28. The first-order valence-corrected chi connectivity index (χ1v) is 13.0. The summed E-state index contributed by atoms with van der Waals surface area (Å²) >= 11 is 0. The van der Waals surface area contributed by atoms with Gasteiger partial charge in [-0.3, -0.25) is 14.7 Å². The van der Waals surface area contributed by atoms with Crippen molar-refractivity contribution in [1.29, 1.82) is 0 Å². The topological polar surface area (TPSA) is 60.5 Å². The maximum Gasteiger partial charge on any atom is 0.253 e. The summed E-state index contributed by atoms with van der Waals surface area (Å²) in [6, 6.07) is 9.05. The molecule has 1 aromatic heterocycles. The first-order valence-electron chi connectivity index (χ1n) is 13.0. The number of benzene rings is 1. The summed E-state index contributed by atoms with van der Waals surface area (Å²) in [5, 5.41) is 6.58. The zero-order chi connectivity index (χ0) is 26.5. The van der Waals surface area contributed by atoms with Gasteiger partial charge >= 0.3 is 0 Å². The van der Waals surface area contributed by atoms with E-state index in [9.17, 15) is 9.18 Å². The lowest BCUT2D eigenvalue weighted by Crippen LogP contribution is -2.34. The van der Waals surface area contributed by atoms with Crippen LogP contribution in [-0.2, 0) is 0 Å². The van der Waals surface area contributed by atoms with Gasteiger partial charge in [-0.05, 0) is 75.5 Å². The molecule has 2 aromatic rings. The van der Waals surface area contributed by atoms with Gasteiger partial charge in [-0.1, -0.05) is 23.8 Å². The summed E-state index contributed by atoms with van der Waals surface area (Å²) < 4.78 is 14.9. The van der Waals surface area contributed by atoms with E-state index in [4.69, 9.17) is 0 Å². The van der Waals surface area contributed by atoms with Crippen LogP contribution in [-0.4, -0.2) is 68.0 Å². The molecule has 7 heteroatoms. The number of pyridine rings is 1. The molecule has 1 fully saturated rings. The SMILES string of the molecule is CNc1ccc(C2=CCNC(C)=C2/C=C(\C)CN2CCC(c3ccc(C(=O)N(C)C)cc3F)CC2)nc1. The quantitative estimate of drug-likeness (QED) is 0.554. The van der Waals surface area contributed by atoms with Crippen molar-refractivity contribution in [3.8, 4) is 0 Å². The van der Waals surface area contributed by atoms with Gasteiger partial charge in [0.2, 0.25) is 0 Å². The van der Waals surface area contributed by atoms with Crippen molar-refractivity contribution in [3.05, 3.63) is 88.2 Å². The molecule has 2 aliphatic rings. The molecule has 0 aliphatic carbocycles. The Labute approximate surface area is 220 Å². The second kappa shape index (κ2) is 11.7. The monoisotopic (exact) mass is 503 g/mol. The number of hydrogen-bond acceptors (Lipinski definition) is 5. The van der Waals surface area contributed by atoms with Crippen LogP contribution >= 0.6 is 0 Å². The Morgan fingerprint density at radius 2 is 2.00 bits per heavy atom. The van der Waals surface area contributed by atoms with E-state index in [0.29, 0.717) is 5.56 Å². The lowest BCUT2D eigenvalue weighted by molar-refractivity contribution is 0.0827. The smallest absolute Gasteiger partial charge is 0.253 e. The van der Waals surface area contributed by atoms with Crippen molar-refractivity contribution in [2.24, 2.45) is 0 Å². The molecule has 4 rings (SSSR count). The van der Waals surface area contributed by atoms with Gasteiger partial charge < -0.3 is 15.5 Å². The number of nitrogens with one attached hydrogen (secondary N) is 2. The number of carbonyl (C=O) groups is 1. The van der Waals surface area contributed by atoms with Gasteiger partial charge in [0, 0.05) is 56.6 Å². The Hall–Kier alpha value is -3.45. The summed E-state index contributed by atoms with van der Waals surface area (Å²) in [5.41, 5.74) is 7.86. The average Bonchev–Trinajstić information content (AvgIpc) is 2.90. The van der Waals surface area contributed by atoms with Crippen LogP contribution in [0.3, 0.4) is 0 Å². The second-order valence-corrected chi connectivity index (χ2v) is 10.2. The number of halogens is 1. The van der Waals surface area contributed by atoms with Gasteiger partial charge in [0.15, 0.2) is 0 Å². The molecule has 1 saturated heterocycles.